The lowest BCUT2D eigenvalue weighted by molar-refractivity contribution is -0.193. The summed E-state index contributed by atoms with van der Waals surface area (Å²) in [6.45, 7) is 3.39. The second kappa shape index (κ2) is 15.7. The van der Waals surface area contributed by atoms with E-state index in [2.05, 4.69) is 37.5 Å². The molecule has 0 spiro atoms. The Balaban J connectivity index is 0.000000421. The lowest BCUT2D eigenvalue weighted by Crippen LogP contribution is -2.43. The van der Waals surface area contributed by atoms with Gasteiger partial charge in [-0.25, -0.2) is 29.0 Å². The van der Waals surface area contributed by atoms with Gasteiger partial charge < -0.3 is 26.2 Å². The van der Waals surface area contributed by atoms with Gasteiger partial charge in [0, 0.05) is 56.0 Å². The third-order valence-corrected chi connectivity index (χ3v) is 5.70. The van der Waals surface area contributed by atoms with E-state index in [9.17, 15) is 39.9 Å². The Morgan fingerprint density at radius 3 is 2.00 bits per heavy atom. The minimum Gasteiger partial charge on any atom is -0.475 e. The number of aliphatic carboxylic acids is 2. The molecule has 12 nitrogen and oxygen atoms in total. The summed E-state index contributed by atoms with van der Waals surface area (Å²) in [5.41, 5.74) is 7.24. The highest BCUT2D eigenvalue weighted by Gasteiger charge is 2.38. The molecule has 0 atom stereocenters. The number of hydrogen-bond donors (Lipinski definition) is 5. The van der Waals surface area contributed by atoms with Gasteiger partial charge in [0.1, 0.15) is 11.6 Å². The van der Waals surface area contributed by atoms with Crippen molar-refractivity contribution in [3.05, 3.63) is 70.4 Å². The van der Waals surface area contributed by atoms with E-state index in [0.717, 1.165) is 37.4 Å². The topological polar surface area (TPSA) is 179 Å². The Hall–Kier alpha value is -4.85. The lowest BCUT2D eigenvalue weighted by atomic mass is 10.1. The Bertz CT molecular complexity index is 1520. The van der Waals surface area contributed by atoms with Crippen LogP contribution in [-0.2, 0) is 16.0 Å². The second-order valence-electron chi connectivity index (χ2n) is 8.80. The minimum atomic E-state index is -5.08. The van der Waals surface area contributed by atoms with Crippen molar-refractivity contribution in [2.75, 3.05) is 37.6 Å². The van der Waals surface area contributed by atoms with Gasteiger partial charge in [-0.3, -0.25) is 0 Å². The van der Waals surface area contributed by atoms with E-state index in [4.69, 9.17) is 25.5 Å². The molecule has 0 amide bonds. The smallest absolute Gasteiger partial charge is 0.475 e. The number of hydrogen-bond acceptors (Lipinski definition) is 8. The summed E-state index contributed by atoms with van der Waals surface area (Å²) in [5, 5.41) is 23.8. The summed E-state index contributed by atoms with van der Waals surface area (Å²) in [7, 11) is 0. The standard InChI is InChI=1S/C21H23F2N7O.2C2HF3O2/c22-20(23)15(13-24)12-19-27-28-21(31)30(19)18-6-2-5-17(26-18)14-3-1-4-16(11-14)29-9-7-25-8-10-29;2*3-2(4,5)1(6)7/h1-6,11,25H,7-10,12-13,24H2,(H,28,31);2*(H,6,7). The van der Waals surface area contributed by atoms with Gasteiger partial charge in [-0.05, 0) is 24.3 Å². The number of H-pyrrole nitrogens is 1. The van der Waals surface area contributed by atoms with E-state index in [0.29, 0.717) is 11.5 Å². The maximum Gasteiger partial charge on any atom is 0.490 e. The van der Waals surface area contributed by atoms with Crippen molar-refractivity contribution in [3.8, 4) is 17.1 Å². The van der Waals surface area contributed by atoms with Gasteiger partial charge in [0.25, 0.3) is 6.08 Å². The van der Waals surface area contributed by atoms with Crippen molar-refractivity contribution in [2.24, 2.45) is 5.73 Å². The fourth-order valence-electron chi connectivity index (χ4n) is 3.58. The summed E-state index contributed by atoms with van der Waals surface area (Å²) in [5.74, 6) is -5.09. The van der Waals surface area contributed by atoms with Crippen LogP contribution < -0.4 is 21.6 Å². The molecule has 0 radical (unpaired) electrons. The first-order chi connectivity index (χ1) is 20.9. The Labute approximate surface area is 247 Å². The highest BCUT2D eigenvalue weighted by atomic mass is 19.4. The minimum absolute atomic E-state index is 0.123. The normalized spacial score (nSPS) is 13.1. The number of carboxylic acids is 2. The van der Waals surface area contributed by atoms with E-state index in [1.165, 1.54) is 4.57 Å². The molecule has 2 aromatic heterocycles. The van der Waals surface area contributed by atoms with E-state index in [1.807, 2.05) is 18.2 Å². The first-order valence-electron chi connectivity index (χ1n) is 12.5. The maximum atomic E-state index is 13.1. The number of benzene rings is 1. The largest absolute Gasteiger partial charge is 0.490 e. The van der Waals surface area contributed by atoms with Gasteiger partial charge in [0.15, 0.2) is 0 Å². The molecule has 0 aliphatic carbocycles. The zero-order chi connectivity index (χ0) is 33.9. The summed E-state index contributed by atoms with van der Waals surface area (Å²) in [4.78, 5) is 37.0. The monoisotopic (exact) mass is 655 g/mol. The molecule has 4 rings (SSSR count). The molecule has 1 aliphatic rings. The van der Waals surface area contributed by atoms with E-state index >= 15 is 0 Å². The van der Waals surface area contributed by atoms with Crippen molar-refractivity contribution in [2.45, 2.75) is 18.8 Å². The summed E-state index contributed by atoms with van der Waals surface area (Å²) in [6, 6.07) is 13.3. The molecule has 0 saturated carbocycles. The molecule has 0 bridgehead atoms. The SMILES string of the molecule is NCC(Cc1n[nH]c(=O)n1-c1cccc(-c2cccc(N3CCNCC3)c2)n1)=C(F)F.O=C(O)C(F)(F)F.O=C(O)C(F)(F)F. The molecule has 3 aromatic rings. The number of piperazine rings is 1. The van der Waals surface area contributed by atoms with Crippen molar-refractivity contribution < 1.29 is 54.9 Å². The first-order valence-corrected chi connectivity index (χ1v) is 12.5. The second-order valence-corrected chi connectivity index (χ2v) is 8.80. The zero-order valence-electron chi connectivity index (χ0n) is 22.8. The number of nitrogens with one attached hydrogen (secondary N) is 2. The molecule has 1 saturated heterocycles. The molecular weight excluding hydrogens is 630 g/mol. The summed E-state index contributed by atoms with van der Waals surface area (Å²) < 4.78 is 90.8. The number of aromatic nitrogens is 4. The van der Waals surface area contributed by atoms with Gasteiger partial charge in [0.2, 0.25) is 0 Å². The maximum absolute atomic E-state index is 13.1. The predicted molar refractivity (Wildman–Crippen MR) is 142 cm³/mol. The molecule has 20 heteroatoms. The number of pyridine rings is 1. The fraction of sp³-hybridized carbons (Fsp3) is 0.320. The summed E-state index contributed by atoms with van der Waals surface area (Å²) >= 11 is 0. The number of halogens is 8. The molecule has 1 fully saturated rings. The average molecular weight is 656 g/mol. The zero-order valence-corrected chi connectivity index (χ0v) is 22.8. The van der Waals surface area contributed by atoms with Crippen LogP contribution in [0.1, 0.15) is 5.82 Å². The van der Waals surface area contributed by atoms with Crippen LogP contribution in [0.5, 0.6) is 0 Å². The molecule has 246 valence electrons. The molecular formula is C25H25F8N7O5. The van der Waals surface area contributed by atoms with Crippen molar-refractivity contribution in [1.29, 1.82) is 0 Å². The first kappa shape index (κ1) is 36.3. The van der Waals surface area contributed by atoms with Gasteiger partial charge in [-0.1, -0.05) is 18.2 Å². The van der Waals surface area contributed by atoms with Gasteiger partial charge in [-0.2, -0.15) is 40.2 Å². The number of aromatic amines is 1. The van der Waals surface area contributed by atoms with Crippen LogP contribution in [0.4, 0.5) is 40.8 Å². The molecule has 6 N–H and O–H groups in total. The number of carbonyl (C=O) groups is 2. The van der Waals surface area contributed by atoms with Crippen LogP contribution in [0.25, 0.3) is 17.1 Å². The van der Waals surface area contributed by atoms with Crippen molar-refractivity contribution in [1.82, 2.24) is 25.1 Å². The van der Waals surface area contributed by atoms with Crippen molar-refractivity contribution >= 4 is 17.6 Å². The molecule has 45 heavy (non-hydrogen) atoms. The summed E-state index contributed by atoms with van der Waals surface area (Å²) in [6.07, 6.45) is -12.3. The lowest BCUT2D eigenvalue weighted by Gasteiger charge is -2.29. The number of rotatable bonds is 6. The Morgan fingerprint density at radius 1 is 0.933 bits per heavy atom. The Morgan fingerprint density at radius 2 is 1.49 bits per heavy atom. The quantitative estimate of drug-likeness (QED) is 0.248. The third-order valence-electron chi connectivity index (χ3n) is 5.70. The number of alkyl halides is 6. The number of nitrogens with two attached hydrogens (primary N) is 1. The molecule has 0 unspecified atom stereocenters. The number of carboxylic acid groups (broad SMARTS) is 2. The van der Waals surface area contributed by atoms with Crippen LogP contribution in [0.2, 0.25) is 0 Å². The average Bonchev–Trinajstić information content (AvgIpc) is 3.35. The van der Waals surface area contributed by atoms with E-state index in [-0.39, 0.29) is 24.4 Å². The van der Waals surface area contributed by atoms with E-state index in [1.54, 1.807) is 12.1 Å². The van der Waals surface area contributed by atoms with Gasteiger partial charge >= 0.3 is 30.0 Å². The van der Waals surface area contributed by atoms with Crippen LogP contribution in [0, 0.1) is 0 Å². The van der Waals surface area contributed by atoms with Crippen LogP contribution >= 0.6 is 0 Å². The molecule has 1 aliphatic heterocycles. The highest BCUT2D eigenvalue weighted by Crippen LogP contribution is 2.25. The third kappa shape index (κ3) is 11.0. The van der Waals surface area contributed by atoms with Crippen LogP contribution in [0.3, 0.4) is 0 Å². The van der Waals surface area contributed by atoms with Crippen LogP contribution in [-0.4, -0.2) is 87.0 Å². The highest BCUT2D eigenvalue weighted by molar-refractivity contribution is 5.73. The van der Waals surface area contributed by atoms with E-state index < -0.39 is 36.1 Å². The molecule has 3 heterocycles. The fourth-order valence-corrected chi connectivity index (χ4v) is 3.58. The van der Waals surface area contributed by atoms with Gasteiger partial charge in [-0.15, -0.1) is 0 Å². The van der Waals surface area contributed by atoms with Gasteiger partial charge in [0.05, 0.1) is 5.69 Å². The van der Waals surface area contributed by atoms with Crippen LogP contribution in [0.15, 0.2) is 58.9 Å². The van der Waals surface area contributed by atoms with Crippen molar-refractivity contribution in [3.63, 3.8) is 0 Å². The number of anilines is 1. The Kier molecular flexibility index (Phi) is 12.7. The number of nitrogens with zero attached hydrogens (tertiary/aromatic N) is 4. The molecule has 1 aromatic carbocycles. The predicted octanol–water partition coefficient (Wildman–Crippen LogP) is 2.95.